The minimum Gasteiger partial charge on any atom is -0.496 e. The lowest BCUT2D eigenvalue weighted by molar-refractivity contribution is -0.175. The van der Waals surface area contributed by atoms with Gasteiger partial charge in [0.15, 0.2) is 0 Å². The van der Waals surface area contributed by atoms with E-state index in [2.05, 4.69) is 13.5 Å². The Balaban J connectivity index is 2.27. The van der Waals surface area contributed by atoms with E-state index in [-0.39, 0.29) is 5.60 Å². The second-order valence-corrected chi connectivity index (χ2v) is 3.13. The fourth-order valence-corrected chi connectivity index (χ4v) is 1.14. The predicted octanol–water partition coefficient (Wildman–Crippen LogP) is 2.11. The number of hydrogen-bond acceptors (Lipinski definition) is 2. The van der Waals surface area contributed by atoms with Crippen molar-refractivity contribution in [2.45, 2.75) is 32.3 Å². The van der Waals surface area contributed by atoms with Crippen LogP contribution in [-0.2, 0) is 9.47 Å². The third kappa shape index (κ3) is 1.96. The molecule has 64 valence electrons. The lowest BCUT2D eigenvalue weighted by Gasteiger charge is -2.40. The van der Waals surface area contributed by atoms with Gasteiger partial charge in [0.2, 0.25) is 0 Å². The zero-order valence-corrected chi connectivity index (χ0v) is 7.35. The molecule has 0 saturated carbocycles. The fraction of sp³-hybridized carbons (Fsp3) is 0.778. The van der Waals surface area contributed by atoms with Crippen LogP contribution in [0.1, 0.15) is 26.7 Å². The lowest BCUT2D eigenvalue weighted by atomic mass is 9.93. The lowest BCUT2D eigenvalue weighted by Crippen LogP contribution is -2.47. The van der Waals surface area contributed by atoms with Crippen LogP contribution in [0, 0.1) is 0 Å². The predicted molar refractivity (Wildman–Crippen MR) is 44.4 cm³/mol. The van der Waals surface area contributed by atoms with Gasteiger partial charge in [0, 0.05) is 6.42 Å². The van der Waals surface area contributed by atoms with Crippen LogP contribution < -0.4 is 0 Å². The largest absolute Gasteiger partial charge is 0.496 e. The van der Waals surface area contributed by atoms with Gasteiger partial charge in [-0.05, 0) is 13.3 Å². The molecule has 1 saturated heterocycles. The molecule has 0 amide bonds. The third-order valence-corrected chi connectivity index (χ3v) is 2.19. The highest BCUT2D eigenvalue weighted by Crippen LogP contribution is 2.30. The van der Waals surface area contributed by atoms with Crippen molar-refractivity contribution in [1.82, 2.24) is 0 Å². The molecule has 1 heterocycles. The molecule has 2 heteroatoms. The smallest absolute Gasteiger partial charge is 0.117 e. The molecule has 0 spiro atoms. The van der Waals surface area contributed by atoms with Crippen molar-refractivity contribution in [3.05, 3.63) is 12.3 Å². The van der Waals surface area contributed by atoms with Crippen LogP contribution in [0.25, 0.3) is 0 Å². The maximum absolute atomic E-state index is 5.45. The summed E-state index contributed by atoms with van der Waals surface area (Å²) in [5.41, 5.74) is 0.0128. The second kappa shape index (κ2) is 3.26. The Morgan fingerprint density at radius 1 is 1.73 bits per heavy atom. The Bertz CT molecular complexity index is 142. The van der Waals surface area contributed by atoms with Crippen LogP contribution in [-0.4, -0.2) is 18.8 Å². The van der Waals surface area contributed by atoms with Crippen LogP contribution in [0.5, 0.6) is 0 Å². The van der Waals surface area contributed by atoms with Gasteiger partial charge in [-0.15, -0.1) is 0 Å². The van der Waals surface area contributed by atoms with E-state index in [1.807, 2.05) is 6.92 Å². The quantitative estimate of drug-likeness (QED) is 0.580. The molecule has 2 nitrogen and oxygen atoms in total. The molecule has 0 bridgehead atoms. The molecule has 1 atom stereocenters. The Kier molecular flexibility index (Phi) is 2.55. The summed E-state index contributed by atoms with van der Waals surface area (Å²) in [6, 6.07) is 0. The van der Waals surface area contributed by atoms with Gasteiger partial charge in [0.1, 0.15) is 12.2 Å². The third-order valence-electron chi connectivity index (χ3n) is 2.19. The molecule has 0 aromatic heterocycles. The van der Waals surface area contributed by atoms with E-state index in [4.69, 9.17) is 9.47 Å². The van der Waals surface area contributed by atoms with E-state index in [1.54, 1.807) is 0 Å². The van der Waals surface area contributed by atoms with Gasteiger partial charge in [0.05, 0.1) is 12.4 Å². The average Bonchev–Trinajstić information content (AvgIpc) is 1.86. The maximum atomic E-state index is 5.45. The van der Waals surface area contributed by atoms with Crippen LogP contribution in [0.2, 0.25) is 0 Å². The molecule has 11 heavy (non-hydrogen) atoms. The first kappa shape index (κ1) is 8.60. The molecular weight excluding hydrogens is 140 g/mol. The summed E-state index contributed by atoms with van der Waals surface area (Å²) in [5, 5.41) is 0. The van der Waals surface area contributed by atoms with Gasteiger partial charge in [-0.25, -0.2) is 0 Å². The summed E-state index contributed by atoms with van der Waals surface area (Å²) in [6.07, 6.45) is 2.15. The summed E-state index contributed by atoms with van der Waals surface area (Å²) in [5.74, 6) is 0.772. The maximum Gasteiger partial charge on any atom is 0.117 e. The molecule has 0 N–H and O–H groups in total. The Labute approximate surface area is 68.2 Å². The van der Waals surface area contributed by atoms with Gasteiger partial charge >= 0.3 is 0 Å². The minimum absolute atomic E-state index is 0.0128. The van der Waals surface area contributed by atoms with Crippen molar-refractivity contribution in [2.24, 2.45) is 0 Å². The standard InChI is InChI=1S/C9H16O2/c1-4-9(5-6-11-9)7-10-8(2)3/h2,4-7H2,1,3H3. The molecule has 1 fully saturated rings. The molecule has 1 rings (SSSR count). The molecule has 0 radical (unpaired) electrons. The average molecular weight is 156 g/mol. The van der Waals surface area contributed by atoms with E-state index in [0.29, 0.717) is 6.61 Å². The molecule has 1 aliphatic rings. The summed E-state index contributed by atoms with van der Waals surface area (Å²) < 4.78 is 10.8. The Morgan fingerprint density at radius 2 is 2.36 bits per heavy atom. The number of allylic oxidation sites excluding steroid dienone is 1. The van der Waals surface area contributed by atoms with Crippen molar-refractivity contribution in [1.29, 1.82) is 0 Å². The normalized spacial score (nSPS) is 29.3. The highest BCUT2D eigenvalue weighted by atomic mass is 16.6. The van der Waals surface area contributed by atoms with Crippen molar-refractivity contribution < 1.29 is 9.47 Å². The van der Waals surface area contributed by atoms with E-state index in [9.17, 15) is 0 Å². The first-order chi connectivity index (χ1) is 5.18. The molecule has 1 unspecified atom stereocenters. The molecular formula is C9H16O2. The van der Waals surface area contributed by atoms with E-state index in [0.717, 1.165) is 25.2 Å². The highest BCUT2D eigenvalue weighted by molar-refractivity contribution is 4.88. The van der Waals surface area contributed by atoms with Crippen LogP contribution >= 0.6 is 0 Å². The Hall–Kier alpha value is -0.500. The second-order valence-electron chi connectivity index (χ2n) is 3.13. The molecule has 0 aromatic carbocycles. The highest BCUT2D eigenvalue weighted by Gasteiger charge is 2.37. The first-order valence-corrected chi connectivity index (χ1v) is 4.11. The monoisotopic (exact) mass is 156 g/mol. The van der Waals surface area contributed by atoms with E-state index in [1.165, 1.54) is 0 Å². The van der Waals surface area contributed by atoms with Crippen LogP contribution in [0.15, 0.2) is 12.3 Å². The van der Waals surface area contributed by atoms with Crippen LogP contribution in [0.4, 0.5) is 0 Å². The van der Waals surface area contributed by atoms with Crippen molar-refractivity contribution in [2.75, 3.05) is 13.2 Å². The van der Waals surface area contributed by atoms with Crippen molar-refractivity contribution in [3.8, 4) is 0 Å². The number of hydrogen-bond donors (Lipinski definition) is 0. The van der Waals surface area contributed by atoms with E-state index < -0.39 is 0 Å². The fourth-order valence-electron chi connectivity index (χ4n) is 1.14. The zero-order chi connectivity index (χ0) is 8.32. The molecule has 0 aromatic rings. The van der Waals surface area contributed by atoms with Gasteiger partial charge in [0.25, 0.3) is 0 Å². The van der Waals surface area contributed by atoms with E-state index >= 15 is 0 Å². The SMILES string of the molecule is C=C(C)OCC1(CC)CCO1. The van der Waals surface area contributed by atoms with Gasteiger partial charge in [-0.3, -0.25) is 0 Å². The zero-order valence-electron chi connectivity index (χ0n) is 7.35. The summed E-state index contributed by atoms with van der Waals surface area (Å²) >= 11 is 0. The topological polar surface area (TPSA) is 18.5 Å². The minimum atomic E-state index is 0.0128. The van der Waals surface area contributed by atoms with Gasteiger partial charge in [-0.1, -0.05) is 13.5 Å². The number of rotatable bonds is 4. The summed E-state index contributed by atoms with van der Waals surface area (Å²) in [7, 11) is 0. The summed E-state index contributed by atoms with van der Waals surface area (Å²) in [4.78, 5) is 0. The summed E-state index contributed by atoms with van der Waals surface area (Å²) in [6.45, 7) is 9.21. The van der Waals surface area contributed by atoms with Crippen LogP contribution in [0.3, 0.4) is 0 Å². The first-order valence-electron chi connectivity index (χ1n) is 4.11. The molecule has 0 aliphatic carbocycles. The van der Waals surface area contributed by atoms with Crippen molar-refractivity contribution >= 4 is 0 Å². The Morgan fingerprint density at radius 3 is 2.64 bits per heavy atom. The van der Waals surface area contributed by atoms with Gasteiger partial charge < -0.3 is 9.47 Å². The van der Waals surface area contributed by atoms with Crippen molar-refractivity contribution in [3.63, 3.8) is 0 Å². The molecule has 1 aliphatic heterocycles. The van der Waals surface area contributed by atoms with Gasteiger partial charge in [-0.2, -0.15) is 0 Å². The number of ether oxygens (including phenoxy) is 2.